The maximum Gasteiger partial charge on any atom is 0.191 e. The number of hydrogen-bond donors (Lipinski definition) is 2. The Kier molecular flexibility index (Phi) is 10.5. The lowest BCUT2D eigenvalue weighted by Gasteiger charge is -2.32. The molecule has 2 rings (SSSR count). The average molecular weight is 473 g/mol. The number of halogens is 1. The molecule has 5 nitrogen and oxygen atoms in total. The molecule has 0 aromatic carbocycles. The Hall–Kier alpha value is -0.890. The van der Waals surface area contributed by atoms with Crippen LogP contribution in [0.5, 0.6) is 0 Å². The maximum atomic E-state index is 4.43. The second-order valence-electron chi connectivity index (χ2n) is 8.18. The van der Waals surface area contributed by atoms with Crippen molar-refractivity contribution in [1.29, 1.82) is 0 Å². The van der Waals surface area contributed by atoms with Gasteiger partial charge in [0.15, 0.2) is 5.96 Å². The molecule has 0 spiro atoms. The van der Waals surface area contributed by atoms with Crippen LogP contribution in [0.25, 0.3) is 0 Å². The van der Waals surface area contributed by atoms with Gasteiger partial charge in [-0.2, -0.15) is 0 Å². The zero-order valence-electron chi connectivity index (χ0n) is 16.8. The quantitative estimate of drug-likeness (QED) is 0.287. The minimum Gasteiger partial charge on any atom is -0.356 e. The van der Waals surface area contributed by atoms with Gasteiger partial charge in [0.2, 0.25) is 0 Å². The molecule has 26 heavy (non-hydrogen) atoms. The summed E-state index contributed by atoms with van der Waals surface area (Å²) in [5, 5.41) is 7.04. The van der Waals surface area contributed by atoms with Crippen molar-refractivity contribution in [3.8, 4) is 0 Å². The van der Waals surface area contributed by atoms with Crippen molar-refractivity contribution in [2.24, 2.45) is 10.4 Å². The molecule has 1 aromatic rings. The first-order valence-corrected chi connectivity index (χ1v) is 9.56. The van der Waals surface area contributed by atoms with Crippen LogP contribution in [0.1, 0.15) is 52.1 Å². The lowest BCUT2D eigenvalue weighted by Crippen LogP contribution is -2.48. The number of pyridine rings is 1. The molecule has 0 amide bonds. The summed E-state index contributed by atoms with van der Waals surface area (Å²) < 4.78 is 0. The van der Waals surface area contributed by atoms with Gasteiger partial charge in [-0.1, -0.05) is 26.8 Å². The number of nitrogens with one attached hydrogen (secondary N) is 2. The number of guanidine groups is 1. The monoisotopic (exact) mass is 473 g/mol. The van der Waals surface area contributed by atoms with Crippen molar-refractivity contribution in [2.45, 2.75) is 59.0 Å². The Bertz CT molecular complexity index is 519. The molecule has 0 atom stereocenters. The largest absolute Gasteiger partial charge is 0.356 e. The summed E-state index contributed by atoms with van der Waals surface area (Å²) in [6.07, 6.45) is 6.57. The van der Waals surface area contributed by atoms with Crippen LogP contribution in [0.3, 0.4) is 0 Å². The van der Waals surface area contributed by atoms with E-state index in [1.165, 1.54) is 12.8 Å². The number of likely N-dealkylation sites (tertiary alicyclic amines) is 1. The van der Waals surface area contributed by atoms with Crippen LogP contribution in [0, 0.1) is 5.41 Å². The van der Waals surface area contributed by atoms with E-state index in [9.17, 15) is 0 Å². The summed E-state index contributed by atoms with van der Waals surface area (Å²) in [6, 6.07) is 6.65. The molecular weight excluding hydrogens is 437 g/mol. The van der Waals surface area contributed by atoms with Crippen LogP contribution >= 0.6 is 24.0 Å². The first-order valence-electron chi connectivity index (χ1n) is 9.56. The molecule has 1 saturated heterocycles. The number of piperidine rings is 1. The molecule has 2 N–H and O–H groups in total. The van der Waals surface area contributed by atoms with Gasteiger partial charge in [-0.15, -0.1) is 24.0 Å². The standard InChI is InChI=1S/C20H35N5.HI/c1-20(2,3)11-7-13-23-19(21-4)24-17-9-14-25(15-10-17)16-18-8-5-6-12-22-18;/h5-6,8,12,17H,7,9-11,13-16H2,1-4H3,(H2,21,23,24);1H. The van der Waals surface area contributed by atoms with Crippen molar-refractivity contribution in [3.05, 3.63) is 30.1 Å². The van der Waals surface area contributed by atoms with Gasteiger partial charge in [0, 0.05) is 45.5 Å². The van der Waals surface area contributed by atoms with Gasteiger partial charge >= 0.3 is 0 Å². The topological polar surface area (TPSA) is 52.6 Å². The second-order valence-corrected chi connectivity index (χ2v) is 8.18. The normalized spacial score (nSPS) is 16.8. The van der Waals surface area contributed by atoms with Gasteiger partial charge in [0.25, 0.3) is 0 Å². The minimum atomic E-state index is 0. The predicted octanol–water partition coefficient (Wildman–Crippen LogP) is 3.66. The molecule has 2 heterocycles. The van der Waals surface area contributed by atoms with Crippen LogP contribution in [0.15, 0.2) is 29.4 Å². The molecule has 6 heteroatoms. The fraction of sp³-hybridized carbons (Fsp3) is 0.700. The third-order valence-corrected chi connectivity index (χ3v) is 4.66. The summed E-state index contributed by atoms with van der Waals surface area (Å²) in [5.41, 5.74) is 1.56. The highest BCUT2D eigenvalue weighted by molar-refractivity contribution is 14.0. The van der Waals surface area contributed by atoms with Gasteiger partial charge in [0.1, 0.15) is 0 Å². The molecule has 1 fully saturated rings. The first kappa shape index (κ1) is 23.1. The van der Waals surface area contributed by atoms with E-state index in [0.717, 1.165) is 50.7 Å². The van der Waals surface area contributed by atoms with Crippen molar-refractivity contribution in [3.63, 3.8) is 0 Å². The van der Waals surface area contributed by atoms with E-state index in [2.05, 4.69) is 58.4 Å². The second kappa shape index (κ2) is 11.7. The summed E-state index contributed by atoms with van der Waals surface area (Å²) in [4.78, 5) is 11.3. The third-order valence-electron chi connectivity index (χ3n) is 4.66. The summed E-state index contributed by atoms with van der Waals surface area (Å²) in [7, 11) is 1.86. The van der Waals surface area contributed by atoms with Gasteiger partial charge in [-0.05, 0) is 43.2 Å². The van der Waals surface area contributed by atoms with E-state index < -0.39 is 0 Å². The van der Waals surface area contributed by atoms with Crippen LogP contribution in [-0.4, -0.2) is 48.6 Å². The fourth-order valence-electron chi connectivity index (χ4n) is 3.17. The number of nitrogens with zero attached hydrogens (tertiary/aromatic N) is 3. The van der Waals surface area contributed by atoms with Crippen molar-refractivity contribution in [1.82, 2.24) is 20.5 Å². The molecule has 0 bridgehead atoms. The van der Waals surface area contributed by atoms with E-state index in [1.807, 2.05) is 19.3 Å². The Balaban J connectivity index is 0.00000338. The number of rotatable bonds is 6. The fourth-order valence-corrected chi connectivity index (χ4v) is 3.17. The number of hydrogen-bond acceptors (Lipinski definition) is 3. The van der Waals surface area contributed by atoms with E-state index >= 15 is 0 Å². The maximum absolute atomic E-state index is 4.43. The zero-order valence-corrected chi connectivity index (χ0v) is 19.1. The molecule has 1 aliphatic rings. The molecule has 0 aliphatic carbocycles. The molecule has 1 aliphatic heterocycles. The summed E-state index contributed by atoms with van der Waals surface area (Å²) in [5.74, 6) is 0.942. The van der Waals surface area contributed by atoms with Gasteiger partial charge in [-0.3, -0.25) is 14.9 Å². The number of aromatic nitrogens is 1. The van der Waals surface area contributed by atoms with Crippen molar-refractivity contribution in [2.75, 3.05) is 26.7 Å². The van der Waals surface area contributed by atoms with E-state index in [-0.39, 0.29) is 24.0 Å². The van der Waals surface area contributed by atoms with Gasteiger partial charge in [0.05, 0.1) is 5.69 Å². The smallest absolute Gasteiger partial charge is 0.191 e. The molecule has 0 saturated carbocycles. The zero-order chi connectivity index (χ0) is 18.1. The summed E-state index contributed by atoms with van der Waals surface area (Å²) in [6.45, 7) is 11.0. The van der Waals surface area contributed by atoms with Gasteiger partial charge in [-0.25, -0.2) is 0 Å². The molecule has 148 valence electrons. The highest BCUT2D eigenvalue weighted by Crippen LogP contribution is 2.19. The minimum absolute atomic E-state index is 0. The van der Waals surface area contributed by atoms with Crippen LogP contribution < -0.4 is 10.6 Å². The summed E-state index contributed by atoms with van der Waals surface area (Å²) >= 11 is 0. The molecule has 0 radical (unpaired) electrons. The van der Waals surface area contributed by atoms with Crippen LogP contribution in [0.4, 0.5) is 0 Å². The van der Waals surface area contributed by atoms with Crippen LogP contribution in [0.2, 0.25) is 0 Å². The van der Waals surface area contributed by atoms with E-state index in [1.54, 1.807) is 0 Å². The average Bonchev–Trinajstić information content (AvgIpc) is 2.59. The molecular formula is C20H36IN5. The first-order chi connectivity index (χ1) is 12.0. The SMILES string of the molecule is CN=C(NCCCC(C)(C)C)NC1CCN(Cc2ccccn2)CC1.I. The Morgan fingerprint density at radius 2 is 2.00 bits per heavy atom. The highest BCUT2D eigenvalue weighted by Gasteiger charge is 2.20. The van der Waals surface area contributed by atoms with E-state index in [4.69, 9.17) is 0 Å². The predicted molar refractivity (Wildman–Crippen MR) is 121 cm³/mol. The van der Waals surface area contributed by atoms with E-state index in [0.29, 0.717) is 11.5 Å². The Labute approximate surface area is 176 Å². The lowest BCUT2D eigenvalue weighted by atomic mass is 9.91. The highest BCUT2D eigenvalue weighted by atomic mass is 127. The third kappa shape index (κ3) is 9.16. The van der Waals surface area contributed by atoms with Crippen LogP contribution in [-0.2, 0) is 6.54 Å². The van der Waals surface area contributed by atoms with Gasteiger partial charge < -0.3 is 10.6 Å². The number of aliphatic imine (C=N–C) groups is 1. The Morgan fingerprint density at radius 3 is 2.58 bits per heavy atom. The Morgan fingerprint density at radius 1 is 1.27 bits per heavy atom. The van der Waals surface area contributed by atoms with Crippen molar-refractivity contribution < 1.29 is 0 Å². The van der Waals surface area contributed by atoms with Crippen molar-refractivity contribution >= 4 is 29.9 Å². The molecule has 0 unspecified atom stereocenters. The molecule has 1 aromatic heterocycles. The lowest BCUT2D eigenvalue weighted by molar-refractivity contribution is 0.196.